The molecule has 4 nitrogen and oxygen atoms in total. The van der Waals surface area contributed by atoms with Gasteiger partial charge in [-0.1, -0.05) is 16.8 Å². The molecule has 0 aliphatic carbocycles. The van der Waals surface area contributed by atoms with Crippen LogP contribution in [-0.4, -0.2) is 24.2 Å². The molecule has 0 aliphatic heterocycles. The number of halogens is 2. The summed E-state index contributed by atoms with van der Waals surface area (Å²) < 4.78 is 18.4. The summed E-state index contributed by atoms with van der Waals surface area (Å²) in [5.41, 5.74) is 2.50. The summed E-state index contributed by atoms with van der Waals surface area (Å²) in [7, 11) is 3.94. The average Bonchev–Trinajstić information content (AvgIpc) is 3.00. The minimum absolute atomic E-state index is 0.0209. The summed E-state index contributed by atoms with van der Waals surface area (Å²) in [4.78, 5) is 6.33. The van der Waals surface area contributed by atoms with E-state index in [9.17, 15) is 4.39 Å². The van der Waals surface area contributed by atoms with Crippen LogP contribution in [0.5, 0.6) is 0 Å². The third-order valence-electron chi connectivity index (χ3n) is 3.23. The van der Waals surface area contributed by atoms with E-state index < -0.39 is 5.82 Å². The van der Waals surface area contributed by atoms with Gasteiger partial charge in [0.05, 0.1) is 5.02 Å². The highest BCUT2D eigenvalue weighted by molar-refractivity contribution is 6.31. The molecule has 0 amide bonds. The zero-order chi connectivity index (χ0) is 15.7. The van der Waals surface area contributed by atoms with E-state index in [2.05, 4.69) is 10.1 Å². The molecule has 0 atom stereocenters. The van der Waals surface area contributed by atoms with E-state index in [1.807, 2.05) is 43.3 Å². The van der Waals surface area contributed by atoms with Crippen LogP contribution in [0.25, 0.3) is 22.8 Å². The molecule has 6 heteroatoms. The van der Waals surface area contributed by atoms with Crippen molar-refractivity contribution >= 4 is 17.3 Å². The minimum Gasteiger partial charge on any atom is -0.378 e. The van der Waals surface area contributed by atoms with Gasteiger partial charge in [0.2, 0.25) is 5.82 Å². The third-order valence-corrected chi connectivity index (χ3v) is 3.52. The smallest absolute Gasteiger partial charge is 0.258 e. The predicted octanol–water partition coefficient (Wildman–Crippen LogP) is 4.26. The van der Waals surface area contributed by atoms with Crippen molar-refractivity contribution in [1.82, 2.24) is 10.1 Å². The third kappa shape index (κ3) is 2.80. The van der Waals surface area contributed by atoms with Gasteiger partial charge in [0.25, 0.3) is 5.89 Å². The molecule has 0 spiro atoms. The molecule has 3 aromatic rings. The summed E-state index contributed by atoms with van der Waals surface area (Å²) in [6.45, 7) is 0. The van der Waals surface area contributed by atoms with Gasteiger partial charge in [0.1, 0.15) is 5.82 Å². The van der Waals surface area contributed by atoms with Crippen LogP contribution in [-0.2, 0) is 0 Å². The summed E-state index contributed by atoms with van der Waals surface area (Å²) in [6, 6.07) is 12.1. The fourth-order valence-corrected chi connectivity index (χ4v) is 2.18. The van der Waals surface area contributed by atoms with Crippen LogP contribution in [0.15, 0.2) is 47.0 Å². The lowest BCUT2D eigenvalue weighted by Gasteiger charge is -2.11. The monoisotopic (exact) mass is 317 g/mol. The first-order valence-electron chi connectivity index (χ1n) is 6.61. The molecule has 2 aromatic carbocycles. The first-order chi connectivity index (χ1) is 10.5. The Balaban J connectivity index is 1.91. The van der Waals surface area contributed by atoms with Gasteiger partial charge >= 0.3 is 0 Å². The second-order valence-electron chi connectivity index (χ2n) is 4.99. The van der Waals surface area contributed by atoms with E-state index >= 15 is 0 Å². The van der Waals surface area contributed by atoms with E-state index in [0.29, 0.717) is 17.3 Å². The molecule has 1 aromatic heterocycles. The number of rotatable bonds is 3. The van der Waals surface area contributed by atoms with Gasteiger partial charge in [-0.05, 0) is 42.5 Å². The maximum absolute atomic E-state index is 13.2. The van der Waals surface area contributed by atoms with Crippen LogP contribution >= 0.6 is 11.6 Å². The minimum atomic E-state index is -0.482. The molecule has 0 bridgehead atoms. The number of benzene rings is 2. The van der Waals surface area contributed by atoms with Gasteiger partial charge in [-0.15, -0.1) is 0 Å². The maximum atomic E-state index is 13.2. The van der Waals surface area contributed by atoms with Crippen LogP contribution in [0.2, 0.25) is 5.02 Å². The van der Waals surface area contributed by atoms with E-state index in [0.717, 1.165) is 11.3 Å². The number of hydrogen-bond acceptors (Lipinski definition) is 4. The van der Waals surface area contributed by atoms with Gasteiger partial charge in [-0.25, -0.2) is 4.39 Å². The molecule has 0 unspecified atom stereocenters. The fraction of sp³-hybridized carbons (Fsp3) is 0.125. The first-order valence-corrected chi connectivity index (χ1v) is 6.99. The average molecular weight is 318 g/mol. The predicted molar refractivity (Wildman–Crippen MR) is 84.5 cm³/mol. The molecule has 3 rings (SSSR count). The molecule has 0 aliphatic rings. The zero-order valence-electron chi connectivity index (χ0n) is 12.0. The van der Waals surface area contributed by atoms with Crippen LogP contribution in [0.3, 0.4) is 0 Å². The molecule has 0 saturated carbocycles. The highest BCUT2D eigenvalue weighted by atomic mass is 35.5. The molecule has 0 radical (unpaired) electrons. The highest BCUT2D eigenvalue weighted by Gasteiger charge is 2.12. The van der Waals surface area contributed by atoms with Crippen LogP contribution in [0.1, 0.15) is 0 Å². The molecular weight excluding hydrogens is 305 g/mol. The number of aromatic nitrogens is 2. The van der Waals surface area contributed by atoms with Crippen molar-refractivity contribution in [1.29, 1.82) is 0 Å². The Bertz CT molecular complexity index is 799. The number of hydrogen-bond donors (Lipinski definition) is 0. The Morgan fingerprint density at radius 1 is 1.05 bits per heavy atom. The molecule has 0 saturated heterocycles. The second kappa shape index (κ2) is 5.77. The van der Waals surface area contributed by atoms with Crippen LogP contribution < -0.4 is 4.90 Å². The van der Waals surface area contributed by atoms with Crippen molar-refractivity contribution in [2.75, 3.05) is 19.0 Å². The van der Waals surface area contributed by atoms with E-state index in [-0.39, 0.29) is 5.02 Å². The van der Waals surface area contributed by atoms with Gasteiger partial charge in [-0.3, -0.25) is 0 Å². The molecule has 0 N–H and O–H groups in total. The molecule has 1 heterocycles. The van der Waals surface area contributed by atoms with Crippen LogP contribution in [0, 0.1) is 5.82 Å². The van der Waals surface area contributed by atoms with Gasteiger partial charge in [0, 0.05) is 30.9 Å². The summed E-state index contributed by atoms with van der Waals surface area (Å²) in [6.07, 6.45) is 0. The normalized spacial score (nSPS) is 10.7. The summed E-state index contributed by atoms with van der Waals surface area (Å²) >= 11 is 5.77. The SMILES string of the molecule is CN(C)c1ccc(-c2noc(-c3ccc(F)c(Cl)c3)n2)cc1. The zero-order valence-corrected chi connectivity index (χ0v) is 12.8. The molecule has 22 heavy (non-hydrogen) atoms. The van der Waals surface area contributed by atoms with Crippen molar-refractivity contribution in [3.05, 3.63) is 53.3 Å². The standard InChI is InChI=1S/C16H13ClFN3O/c1-21(2)12-6-3-10(4-7-12)15-19-16(22-20-15)11-5-8-14(18)13(17)9-11/h3-9H,1-2H3. The van der Waals surface area contributed by atoms with Crippen molar-refractivity contribution in [3.8, 4) is 22.8 Å². The molecule has 112 valence electrons. The lowest BCUT2D eigenvalue weighted by atomic mass is 10.2. The Hall–Kier alpha value is -2.40. The lowest BCUT2D eigenvalue weighted by molar-refractivity contribution is 0.432. The largest absolute Gasteiger partial charge is 0.378 e. The topological polar surface area (TPSA) is 42.2 Å². The Morgan fingerprint density at radius 2 is 1.73 bits per heavy atom. The van der Waals surface area contributed by atoms with E-state index in [4.69, 9.17) is 16.1 Å². The Labute approximate surface area is 132 Å². The van der Waals surface area contributed by atoms with Crippen molar-refractivity contribution in [2.45, 2.75) is 0 Å². The maximum Gasteiger partial charge on any atom is 0.258 e. The first kappa shape index (κ1) is 14.5. The fourth-order valence-electron chi connectivity index (χ4n) is 2.00. The Kier molecular flexibility index (Phi) is 3.81. The lowest BCUT2D eigenvalue weighted by Crippen LogP contribution is -2.07. The summed E-state index contributed by atoms with van der Waals surface area (Å²) in [5, 5.41) is 3.97. The summed E-state index contributed by atoms with van der Waals surface area (Å²) in [5.74, 6) is 0.291. The van der Waals surface area contributed by atoms with Crippen molar-refractivity contribution in [2.24, 2.45) is 0 Å². The van der Waals surface area contributed by atoms with Crippen molar-refractivity contribution in [3.63, 3.8) is 0 Å². The van der Waals surface area contributed by atoms with Crippen molar-refractivity contribution < 1.29 is 8.91 Å². The Morgan fingerprint density at radius 3 is 2.36 bits per heavy atom. The van der Waals surface area contributed by atoms with Gasteiger partial charge in [-0.2, -0.15) is 4.98 Å². The second-order valence-corrected chi connectivity index (χ2v) is 5.40. The van der Waals surface area contributed by atoms with Gasteiger partial charge in [0.15, 0.2) is 0 Å². The number of anilines is 1. The number of nitrogens with zero attached hydrogens (tertiary/aromatic N) is 3. The van der Waals surface area contributed by atoms with Crippen LogP contribution in [0.4, 0.5) is 10.1 Å². The highest BCUT2D eigenvalue weighted by Crippen LogP contribution is 2.26. The molecular formula is C16H13ClFN3O. The van der Waals surface area contributed by atoms with E-state index in [1.165, 1.54) is 12.1 Å². The molecule has 0 fully saturated rings. The van der Waals surface area contributed by atoms with Gasteiger partial charge < -0.3 is 9.42 Å². The quantitative estimate of drug-likeness (QED) is 0.723. The van der Waals surface area contributed by atoms with E-state index in [1.54, 1.807) is 6.07 Å².